The zero-order chi connectivity index (χ0) is 29.5. The van der Waals surface area contributed by atoms with Crippen molar-refractivity contribution in [2.45, 2.75) is 11.4 Å². The molecule has 0 spiro atoms. The van der Waals surface area contributed by atoms with E-state index < -0.39 is 16.4 Å². The Morgan fingerprint density at radius 3 is 2.29 bits per heavy atom. The second kappa shape index (κ2) is 10.7. The molecule has 11 heteroatoms. The van der Waals surface area contributed by atoms with E-state index >= 15 is 0 Å². The number of nitrogens with zero attached hydrogens (tertiary/aromatic N) is 4. The highest BCUT2D eigenvalue weighted by atomic mass is 32.2. The molecule has 1 atom stereocenters. The van der Waals surface area contributed by atoms with Crippen molar-refractivity contribution in [2.75, 3.05) is 20.5 Å². The monoisotopic (exact) mass is 581 g/mol. The minimum absolute atomic E-state index is 0.222. The average molecular weight is 582 g/mol. The number of imidazole rings is 1. The number of aromatic amines is 1. The van der Waals surface area contributed by atoms with Gasteiger partial charge in [0.1, 0.15) is 33.8 Å². The van der Waals surface area contributed by atoms with Gasteiger partial charge in [-0.25, -0.2) is 14.8 Å². The van der Waals surface area contributed by atoms with Crippen LogP contribution in [0.15, 0.2) is 87.3 Å². The number of hydrogen-bond donors (Lipinski definition) is 1. The molecule has 0 saturated carbocycles. The maximum absolute atomic E-state index is 13.6. The van der Waals surface area contributed by atoms with Crippen molar-refractivity contribution in [3.8, 4) is 34.3 Å². The minimum atomic E-state index is -1.12. The second-order valence-corrected chi connectivity index (χ2v) is 11.1. The number of pyridine rings is 1. The van der Waals surface area contributed by atoms with Gasteiger partial charge in [-0.2, -0.15) is 0 Å². The maximum Gasteiger partial charge on any atom is 0.329 e. The number of ether oxygens (including phenoxy) is 2. The molecule has 0 bridgehead atoms. The van der Waals surface area contributed by atoms with E-state index in [4.69, 9.17) is 19.4 Å². The van der Waals surface area contributed by atoms with Gasteiger partial charge in [-0.1, -0.05) is 42.5 Å². The first-order valence-electron chi connectivity index (χ1n) is 13.0. The molecule has 6 rings (SSSR count). The van der Waals surface area contributed by atoms with E-state index in [1.807, 2.05) is 42.5 Å². The second-order valence-electron chi connectivity index (χ2n) is 9.72. The summed E-state index contributed by atoms with van der Waals surface area (Å²) >= 11 is 0. The number of aryl methyl sites for hydroxylation is 1. The third kappa shape index (κ3) is 4.57. The van der Waals surface area contributed by atoms with Crippen LogP contribution in [0.5, 0.6) is 11.5 Å². The van der Waals surface area contributed by atoms with E-state index in [0.29, 0.717) is 50.9 Å². The van der Waals surface area contributed by atoms with Gasteiger partial charge in [0.25, 0.3) is 5.56 Å². The molecule has 1 N–H and O–H groups in total. The molecule has 42 heavy (non-hydrogen) atoms. The lowest BCUT2D eigenvalue weighted by Crippen LogP contribution is -2.22. The number of H-pyrrole nitrogens is 1. The summed E-state index contributed by atoms with van der Waals surface area (Å²) in [5.74, 6) is 1.05. The van der Waals surface area contributed by atoms with Gasteiger partial charge in [-0.15, -0.1) is 0 Å². The maximum atomic E-state index is 13.6. The summed E-state index contributed by atoms with van der Waals surface area (Å²) < 4.78 is 26.2. The van der Waals surface area contributed by atoms with Crippen LogP contribution in [0, 0.1) is 0 Å². The van der Waals surface area contributed by atoms with Gasteiger partial charge >= 0.3 is 5.69 Å². The van der Waals surface area contributed by atoms with Gasteiger partial charge < -0.3 is 14.5 Å². The van der Waals surface area contributed by atoms with Crippen molar-refractivity contribution in [1.29, 1.82) is 0 Å². The van der Waals surface area contributed by atoms with Crippen LogP contribution < -0.4 is 20.7 Å². The number of nitrogens with one attached hydrogen (secondary N) is 1. The molecule has 212 valence electrons. The van der Waals surface area contributed by atoms with Crippen LogP contribution in [0.2, 0.25) is 0 Å². The molecule has 0 amide bonds. The van der Waals surface area contributed by atoms with Crippen LogP contribution in [0.1, 0.15) is 5.56 Å². The number of fused-ring (bicyclic) bond motifs is 3. The van der Waals surface area contributed by atoms with Crippen LogP contribution in [-0.4, -0.2) is 48.8 Å². The van der Waals surface area contributed by atoms with Crippen LogP contribution in [0.4, 0.5) is 0 Å². The number of hydrogen-bond acceptors (Lipinski definition) is 7. The Morgan fingerprint density at radius 2 is 1.62 bits per heavy atom. The third-order valence-corrected chi connectivity index (χ3v) is 8.17. The van der Waals surface area contributed by atoms with Gasteiger partial charge in [-0.05, 0) is 29.8 Å². The standard InChI is InChI=1S/C31H27N5O5S/c1-35-22-16-24(41-3)25-27(28(22)36(31(35)38)17-18-8-6-5-7-9-18)33-29(34-30(25)37)21-14-15-23(40-2)26(32-21)19-10-12-20(13-11-19)42(4)39/h5-16H,17H2,1-4H3,(H,33,34,37). The van der Waals surface area contributed by atoms with Gasteiger partial charge in [0.2, 0.25) is 0 Å². The zero-order valence-electron chi connectivity index (χ0n) is 23.4. The fourth-order valence-corrected chi connectivity index (χ4v) is 5.63. The van der Waals surface area contributed by atoms with Crippen molar-refractivity contribution in [1.82, 2.24) is 24.1 Å². The number of aromatic nitrogens is 5. The molecular formula is C31H27N5O5S. The van der Waals surface area contributed by atoms with Crippen LogP contribution in [0.3, 0.4) is 0 Å². The lowest BCUT2D eigenvalue weighted by Gasteiger charge is -2.12. The highest BCUT2D eigenvalue weighted by Crippen LogP contribution is 2.33. The van der Waals surface area contributed by atoms with Crippen LogP contribution >= 0.6 is 0 Å². The quantitative estimate of drug-likeness (QED) is 0.301. The summed E-state index contributed by atoms with van der Waals surface area (Å²) in [4.78, 5) is 40.2. The SMILES string of the molecule is COc1ccc(-c2nc3c(c(OC)cc4c3n(Cc3ccccc3)c(=O)n4C)c(=O)[nH]2)nc1-c1ccc(S(C)=O)cc1. The summed E-state index contributed by atoms with van der Waals surface area (Å²) in [6, 6.07) is 22.0. The van der Waals surface area contributed by atoms with E-state index in [2.05, 4.69) is 4.98 Å². The molecule has 0 aliphatic heterocycles. The molecule has 0 saturated heterocycles. The molecule has 0 fully saturated rings. The topological polar surface area (TPSA) is 121 Å². The van der Waals surface area contributed by atoms with Crippen LogP contribution in [0.25, 0.3) is 44.7 Å². The number of rotatable bonds is 7. The Morgan fingerprint density at radius 1 is 0.905 bits per heavy atom. The van der Waals surface area contributed by atoms with Crippen molar-refractivity contribution in [3.05, 3.63) is 99.2 Å². The molecule has 0 aliphatic carbocycles. The van der Waals surface area contributed by atoms with E-state index in [-0.39, 0.29) is 16.9 Å². The first kappa shape index (κ1) is 27.2. The van der Waals surface area contributed by atoms with Gasteiger partial charge in [0.15, 0.2) is 5.82 Å². The predicted octanol–water partition coefficient (Wildman–Crippen LogP) is 4.11. The average Bonchev–Trinajstić information content (AvgIpc) is 3.25. The Labute approximate surface area is 242 Å². The molecule has 6 aromatic rings. The zero-order valence-corrected chi connectivity index (χ0v) is 24.2. The fourth-order valence-electron chi connectivity index (χ4n) is 5.11. The Bertz CT molecular complexity index is 2120. The smallest absolute Gasteiger partial charge is 0.329 e. The molecule has 3 aromatic carbocycles. The highest BCUT2D eigenvalue weighted by molar-refractivity contribution is 7.84. The molecule has 0 aliphatic rings. The van der Waals surface area contributed by atoms with Crippen LogP contribution in [-0.2, 0) is 24.4 Å². The van der Waals surface area contributed by atoms with Gasteiger partial charge in [0.05, 0.1) is 31.8 Å². The Hall–Kier alpha value is -5.03. The molecule has 0 radical (unpaired) electrons. The Kier molecular flexibility index (Phi) is 6.95. The summed E-state index contributed by atoms with van der Waals surface area (Å²) in [5.41, 5.74) is 3.37. The third-order valence-electron chi connectivity index (χ3n) is 7.23. The van der Waals surface area contributed by atoms with E-state index in [0.717, 1.165) is 11.1 Å². The molecule has 3 heterocycles. The van der Waals surface area contributed by atoms with Crippen molar-refractivity contribution >= 4 is 32.7 Å². The summed E-state index contributed by atoms with van der Waals surface area (Å²) in [6.07, 6.45) is 1.62. The minimum Gasteiger partial charge on any atom is -0.496 e. The van der Waals surface area contributed by atoms with E-state index in [9.17, 15) is 13.8 Å². The van der Waals surface area contributed by atoms with Gasteiger partial charge in [-0.3, -0.25) is 18.1 Å². The van der Waals surface area contributed by atoms with Gasteiger partial charge in [0, 0.05) is 40.6 Å². The summed E-state index contributed by atoms with van der Waals surface area (Å²) in [7, 11) is 3.59. The lowest BCUT2D eigenvalue weighted by atomic mass is 10.1. The summed E-state index contributed by atoms with van der Waals surface area (Å²) in [6.45, 7) is 0.297. The highest BCUT2D eigenvalue weighted by Gasteiger charge is 2.22. The fraction of sp³-hybridized carbons (Fsp3) is 0.161. The molecule has 1 unspecified atom stereocenters. The van der Waals surface area contributed by atoms with E-state index in [1.165, 1.54) is 11.7 Å². The summed E-state index contributed by atoms with van der Waals surface area (Å²) in [5, 5.41) is 0.234. The molecule has 3 aromatic heterocycles. The molecule has 10 nitrogen and oxygen atoms in total. The predicted molar refractivity (Wildman–Crippen MR) is 163 cm³/mol. The number of methoxy groups -OCH3 is 2. The largest absolute Gasteiger partial charge is 0.496 e. The Balaban J connectivity index is 1.60. The normalized spacial score (nSPS) is 12.1. The van der Waals surface area contributed by atoms with Crippen molar-refractivity contribution < 1.29 is 13.7 Å². The van der Waals surface area contributed by atoms with Crippen molar-refractivity contribution in [3.63, 3.8) is 0 Å². The van der Waals surface area contributed by atoms with E-state index in [1.54, 1.807) is 55.3 Å². The number of benzene rings is 3. The lowest BCUT2D eigenvalue weighted by molar-refractivity contribution is 0.415. The first-order chi connectivity index (χ1) is 20.3. The first-order valence-corrected chi connectivity index (χ1v) is 14.6. The van der Waals surface area contributed by atoms with Crippen molar-refractivity contribution in [2.24, 2.45) is 7.05 Å². The molecular weight excluding hydrogens is 554 g/mol.